The first kappa shape index (κ1) is 14.0. The molecule has 0 aliphatic rings. The van der Waals surface area contributed by atoms with E-state index in [1.165, 1.54) is 24.3 Å². The number of hydrogen-bond donors (Lipinski definition) is 0. The molecule has 0 aliphatic carbocycles. The van der Waals surface area contributed by atoms with E-state index in [1.54, 1.807) is 24.3 Å². The number of benzene rings is 2. The fraction of sp³-hybridized carbons (Fsp3) is 0. The van der Waals surface area contributed by atoms with E-state index >= 15 is 0 Å². The van der Waals surface area contributed by atoms with Crippen molar-refractivity contribution in [3.63, 3.8) is 0 Å². The monoisotopic (exact) mass is 314 g/mol. The zero-order chi connectivity index (χ0) is 13.9. The normalized spacial score (nSPS) is 11.9. The highest BCUT2D eigenvalue weighted by molar-refractivity contribution is 7.90. The zero-order valence-electron chi connectivity index (χ0n) is 9.49. The van der Waals surface area contributed by atoms with Gasteiger partial charge in [0, 0.05) is 10.0 Å². The van der Waals surface area contributed by atoms with Crippen LogP contribution in [0.3, 0.4) is 0 Å². The van der Waals surface area contributed by atoms with Crippen LogP contribution in [0.1, 0.15) is 0 Å². The summed E-state index contributed by atoms with van der Waals surface area (Å²) >= 11 is 11.4. The molecular weight excluding hydrogens is 307 g/mol. The Morgan fingerprint density at radius 2 is 1.26 bits per heavy atom. The van der Waals surface area contributed by atoms with Crippen LogP contribution >= 0.6 is 23.2 Å². The molecule has 0 aromatic heterocycles. The summed E-state index contributed by atoms with van der Waals surface area (Å²) in [4.78, 5) is 0.0367. The lowest BCUT2D eigenvalue weighted by molar-refractivity contribution is 0.595. The van der Waals surface area contributed by atoms with Crippen LogP contribution in [0, 0.1) is 0 Å². The molecule has 2 aromatic rings. The predicted octanol–water partition coefficient (Wildman–Crippen LogP) is 4.47. The molecule has 4 nitrogen and oxygen atoms in total. The summed E-state index contributed by atoms with van der Waals surface area (Å²) in [6.45, 7) is 0. The molecule has 0 fully saturated rings. The molecule has 19 heavy (non-hydrogen) atoms. The lowest BCUT2D eigenvalue weighted by atomic mass is 10.3. The van der Waals surface area contributed by atoms with Gasteiger partial charge in [-0.1, -0.05) is 27.7 Å². The van der Waals surface area contributed by atoms with E-state index in [2.05, 4.69) is 9.63 Å². The second kappa shape index (κ2) is 5.69. The Hall–Kier alpha value is -1.43. The Kier molecular flexibility index (Phi) is 4.19. The number of nitrogens with zero attached hydrogens (tertiary/aromatic N) is 2. The molecule has 0 N–H and O–H groups in total. The van der Waals surface area contributed by atoms with E-state index in [0.717, 1.165) is 0 Å². The van der Waals surface area contributed by atoms with Crippen LogP contribution in [-0.2, 0) is 10.0 Å². The van der Waals surface area contributed by atoms with Gasteiger partial charge in [-0.3, -0.25) is 0 Å². The first-order chi connectivity index (χ1) is 8.97. The van der Waals surface area contributed by atoms with Crippen LogP contribution in [0.5, 0.6) is 0 Å². The van der Waals surface area contributed by atoms with E-state index in [0.29, 0.717) is 15.7 Å². The van der Waals surface area contributed by atoms with Gasteiger partial charge < -0.3 is 0 Å². The van der Waals surface area contributed by atoms with Crippen LogP contribution in [-0.4, -0.2) is 8.42 Å². The number of hydrogen-bond acceptors (Lipinski definition) is 3. The first-order valence-corrected chi connectivity index (χ1v) is 7.36. The molecule has 2 aromatic carbocycles. The smallest absolute Gasteiger partial charge is 0.198 e. The van der Waals surface area contributed by atoms with Crippen molar-refractivity contribution in [1.82, 2.24) is 0 Å². The van der Waals surface area contributed by atoms with Gasteiger partial charge in [0.15, 0.2) is 0 Å². The molecule has 0 aliphatic heterocycles. The summed E-state index contributed by atoms with van der Waals surface area (Å²) in [7, 11) is -3.82. The van der Waals surface area contributed by atoms with Crippen LogP contribution in [0.15, 0.2) is 63.1 Å². The highest BCUT2D eigenvalue weighted by Crippen LogP contribution is 2.20. The van der Waals surface area contributed by atoms with Crippen molar-refractivity contribution in [1.29, 1.82) is 0 Å². The summed E-state index contributed by atoms with van der Waals surface area (Å²) in [5, 5.41) is 4.66. The number of sulfonamides is 1. The van der Waals surface area contributed by atoms with Gasteiger partial charge >= 0.3 is 0 Å². The topological polar surface area (TPSA) is 58.9 Å². The molecule has 0 amide bonds. The highest BCUT2D eigenvalue weighted by Gasteiger charge is 2.12. The van der Waals surface area contributed by atoms with Crippen molar-refractivity contribution in [3.8, 4) is 0 Å². The molecule has 0 heterocycles. The molecule has 0 spiro atoms. The molecule has 2 rings (SSSR count). The number of halogens is 2. The highest BCUT2D eigenvalue weighted by atomic mass is 35.5. The number of rotatable bonds is 3. The van der Waals surface area contributed by atoms with Crippen molar-refractivity contribution in [2.24, 2.45) is 9.63 Å². The van der Waals surface area contributed by atoms with E-state index in [-0.39, 0.29) is 4.90 Å². The van der Waals surface area contributed by atoms with E-state index in [4.69, 9.17) is 23.2 Å². The molecule has 0 saturated heterocycles. The van der Waals surface area contributed by atoms with Gasteiger partial charge in [0.05, 0.1) is 10.6 Å². The summed E-state index contributed by atoms with van der Waals surface area (Å²) < 4.78 is 27.1. The Bertz CT molecular complexity index is 696. The van der Waals surface area contributed by atoms with Gasteiger partial charge in [-0.2, -0.15) is 8.42 Å². The van der Waals surface area contributed by atoms with Crippen LogP contribution in [0.2, 0.25) is 10.0 Å². The summed E-state index contributed by atoms with van der Waals surface area (Å²) in [5.74, 6) is 0. The predicted molar refractivity (Wildman–Crippen MR) is 74.6 cm³/mol. The lowest BCUT2D eigenvalue weighted by Crippen LogP contribution is -1.94. The maximum Gasteiger partial charge on any atom is 0.299 e. The molecule has 0 bridgehead atoms. The minimum atomic E-state index is -3.82. The lowest BCUT2D eigenvalue weighted by Gasteiger charge is -1.97. The average Bonchev–Trinajstić information content (AvgIpc) is 2.39. The maximum atomic E-state index is 11.9. The van der Waals surface area contributed by atoms with Gasteiger partial charge in [-0.15, -0.1) is 5.11 Å². The van der Waals surface area contributed by atoms with Gasteiger partial charge in [0.25, 0.3) is 10.0 Å². The fourth-order valence-electron chi connectivity index (χ4n) is 1.26. The van der Waals surface area contributed by atoms with Crippen molar-refractivity contribution >= 4 is 38.9 Å². The van der Waals surface area contributed by atoms with Gasteiger partial charge in [-0.25, -0.2) is 0 Å². The molecule has 0 atom stereocenters. The Morgan fingerprint density at radius 1 is 0.789 bits per heavy atom. The molecule has 0 unspecified atom stereocenters. The third kappa shape index (κ3) is 3.76. The Balaban J connectivity index is 2.26. The second-order valence-electron chi connectivity index (χ2n) is 3.59. The quantitative estimate of drug-likeness (QED) is 0.785. The molecule has 0 radical (unpaired) electrons. The SMILES string of the molecule is O=S(=O)(N=Nc1ccc(Cl)cc1)c1ccc(Cl)cc1. The Labute approximate surface area is 120 Å². The molecule has 7 heteroatoms. The first-order valence-electron chi connectivity index (χ1n) is 5.16. The van der Waals surface area contributed by atoms with Crippen LogP contribution < -0.4 is 0 Å². The van der Waals surface area contributed by atoms with Crippen molar-refractivity contribution < 1.29 is 8.42 Å². The van der Waals surface area contributed by atoms with E-state index < -0.39 is 10.0 Å². The summed E-state index contributed by atoms with van der Waals surface area (Å²) in [6, 6.07) is 12.1. The van der Waals surface area contributed by atoms with Gasteiger partial charge in [0.2, 0.25) is 0 Å². The van der Waals surface area contributed by atoms with E-state index in [1.807, 2.05) is 0 Å². The minimum absolute atomic E-state index is 0.0367. The van der Waals surface area contributed by atoms with E-state index in [9.17, 15) is 8.42 Å². The van der Waals surface area contributed by atoms with Crippen molar-refractivity contribution in [3.05, 3.63) is 58.6 Å². The standard InChI is InChI=1S/C12H8Cl2N2O2S/c13-9-1-5-11(6-2-9)15-16-19(17,18)12-7-3-10(14)4-8-12/h1-8H. The van der Waals surface area contributed by atoms with Gasteiger partial charge in [-0.05, 0) is 48.5 Å². The molecular formula is C12H8Cl2N2O2S. The summed E-state index contributed by atoms with van der Waals surface area (Å²) in [5.41, 5.74) is 0.405. The van der Waals surface area contributed by atoms with Crippen LogP contribution in [0.25, 0.3) is 0 Å². The third-order valence-corrected chi connectivity index (χ3v) is 3.87. The third-order valence-electron chi connectivity index (χ3n) is 2.20. The molecule has 0 saturated carbocycles. The second-order valence-corrected chi connectivity index (χ2v) is 6.04. The van der Waals surface area contributed by atoms with Crippen molar-refractivity contribution in [2.45, 2.75) is 4.90 Å². The largest absolute Gasteiger partial charge is 0.299 e. The summed E-state index contributed by atoms with van der Waals surface area (Å²) in [6.07, 6.45) is 0. The maximum absolute atomic E-state index is 11.9. The van der Waals surface area contributed by atoms with Crippen LogP contribution in [0.4, 0.5) is 5.69 Å². The Morgan fingerprint density at radius 3 is 1.79 bits per heavy atom. The van der Waals surface area contributed by atoms with Gasteiger partial charge in [0.1, 0.15) is 0 Å². The molecule has 98 valence electrons. The van der Waals surface area contributed by atoms with Crippen molar-refractivity contribution in [2.75, 3.05) is 0 Å². The zero-order valence-corrected chi connectivity index (χ0v) is 11.8. The average molecular weight is 315 g/mol. The fourth-order valence-corrected chi connectivity index (χ4v) is 2.29. The minimum Gasteiger partial charge on any atom is -0.198 e.